The zero-order valence-electron chi connectivity index (χ0n) is 11.1. The third-order valence-corrected chi connectivity index (χ3v) is 3.17. The van der Waals surface area contributed by atoms with Crippen molar-refractivity contribution < 1.29 is 0 Å². The molecule has 1 aromatic carbocycles. The van der Waals surface area contributed by atoms with Crippen LogP contribution in [-0.4, -0.2) is 16.5 Å². The summed E-state index contributed by atoms with van der Waals surface area (Å²) in [5, 5.41) is 6.45. The van der Waals surface area contributed by atoms with Crippen LogP contribution in [0.3, 0.4) is 0 Å². The summed E-state index contributed by atoms with van der Waals surface area (Å²) in [6, 6.07) is 8.19. The van der Waals surface area contributed by atoms with Crippen LogP contribution in [0.25, 0.3) is 0 Å². The van der Waals surface area contributed by atoms with Crippen LogP contribution in [0, 0.1) is 6.92 Å². The van der Waals surface area contributed by atoms with E-state index in [1.54, 1.807) is 6.20 Å². The summed E-state index contributed by atoms with van der Waals surface area (Å²) >= 11 is 3.46. The van der Waals surface area contributed by atoms with Gasteiger partial charge in [0.25, 0.3) is 0 Å². The van der Waals surface area contributed by atoms with Crippen molar-refractivity contribution in [2.75, 3.05) is 17.2 Å². The number of aryl methyl sites for hydroxylation is 1. The quantitative estimate of drug-likeness (QED) is 0.870. The third kappa shape index (κ3) is 3.92. The number of hydrogen-bond donors (Lipinski definition) is 2. The normalized spacial score (nSPS) is 10.3. The summed E-state index contributed by atoms with van der Waals surface area (Å²) in [6.45, 7) is 5.04. The molecule has 1 aromatic heterocycles. The molecule has 2 rings (SSSR count). The van der Waals surface area contributed by atoms with Gasteiger partial charge < -0.3 is 10.6 Å². The van der Waals surface area contributed by atoms with Gasteiger partial charge in [-0.1, -0.05) is 24.6 Å². The molecule has 0 saturated heterocycles. The van der Waals surface area contributed by atoms with Crippen molar-refractivity contribution in [1.82, 2.24) is 9.97 Å². The van der Waals surface area contributed by atoms with Crippen LogP contribution in [0.5, 0.6) is 0 Å². The average molecular weight is 321 g/mol. The first-order valence-electron chi connectivity index (χ1n) is 6.29. The van der Waals surface area contributed by atoms with Crippen LogP contribution in [-0.2, 0) is 0 Å². The molecule has 0 spiro atoms. The number of halogens is 1. The maximum atomic E-state index is 4.45. The van der Waals surface area contributed by atoms with Crippen molar-refractivity contribution in [2.24, 2.45) is 0 Å². The molecule has 0 saturated carbocycles. The number of nitrogens with one attached hydrogen (secondary N) is 2. The Morgan fingerprint density at radius 2 is 1.95 bits per heavy atom. The van der Waals surface area contributed by atoms with Crippen molar-refractivity contribution in [3.8, 4) is 0 Å². The van der Waals surface area contributed by atoms with Gasteiger partial charge in [0.1, 0.15) is 5.82 Å². The van der Waals surface area contributed by atoms with E-state index in [9.17, 15) is 0 Å². The van der Waals surface area contributed by atoms with Crippen molar-refractivity contribution in [3.63, 3.8) is 0 Å². The van der Waals surface area contributed by atoms with Crippen LogP contribution >= 0.6 is 15.9 Å². The minimum atomic E-state index is 0.639. The van der Waals surface area contributed by atoms with Crippen molar-refractivity contribution in [3.05, 3.63) is 40.5 Å². The number of anilines is 3. The molecule has 1 heterocycles. The van der Waals surface area contributed by atoms with Gasteiger partial charge in [-0.05, 0) is 41.4 Å². The average Bonchev–Trinajstić information content (AvgIpc) is 2.42. The maximum Gasteiger partial charge on any atom is 0.224 e. The van der Waals surface area contributed by atoms with Gasteiger partial charge in [-0.2, -0.15) is 4.98 Å². The zero-order chi connectivity index (χ0) is 13.7. The molecular weight excluding hydrogens is 304 g/mol. The highest BCUT2D eigenvalue weighted by Gasteiger charge is 2.05. The Bertz CT molecular complexity index is 540. The fourth-order valence-electron chi connectivity index (χ4n) is 1.55. The van der Waals surface area contributed by atoms with Gasteiger partial charge in [0.2, 0.25) is 5.95 Å². The zero-order valence-corrected chi connectivity index (χ0v) is 12.7. The van der Waals surface area contributed by atoms with E-state index in [2.05, 4.69) is 62.5 Å². The number of benzene rings is 1. The van der Waals surface area contributed by atoms with Crippen LogP contribution in [0.1, 0.15) is 18.9 Å². The number of aromatic nitrogens is 2. The van der Waals surface area contributed by atoms with E-state index >= 15 is 0 Å². The third-order valence-electron chi connectivity index (χ3n) is 2.59. The Balaban J connectivity index is 2.16. The number of hydrogen-bond acceptors (Lipinski definition) is 4. The minimum Gasteiger partial charge on any atom is -0.354 e. The fraction of sp³-hybridized carbons (Fsp3) is 0.286. The molecule has 0 radical (unpaired) electrons. The van der Waals surface area contributed by atoms with E-state index in [1.807, 2.05) is 12.1 Å². The summed E-state index contributed by atoms with van der Waals surface area (Å²) in [7, 11) is 0. The SMILES string of the molecule is CCCNc1ncc(Br)c(Nc2ccc(C)cc2)n1. The van der Waals surface area contributed by atoms with Crippen molar-refractivity contribution in [2.45, 2.75) is 20.3 Å². The van der Waals surface area contributed by atoms with Gasteiger partial charge in [0.05, 0.1) is 4.47 Å². The Morgan fingerprint density at radius 1 is 1.21 bits per heavy atom. The second-order valence-electron chi connectivity index (χ2n) is 4.31. The van der Waals surface area contributed by atoms with E-state index in [0.717, 1.165) is 28.9 Å². The van der Waals surface area contributed by atoms with Crippen LogP contribution in [0.15, 0.2) is 34.9 Å². The molecule has 0 aliphatic heterocycles. The van der Waals surface area contributed by atoms with Gasteiger partial charge in [0, 0.05) is 18.4 Å². The van der Waals surface area contributed by atoms with E-state index in [-0.39, 0.29) is 0 Å². The lowest BCUT2D eigenvalue weighted by Gasteiger charge is -2.10. The Labute approximate surface area is 121 Å². The van der Waals surface area contributed by atoms with Gasteiger partial charge in [0.15, 0.2) is 0 Å². The Hall–Kier alpha value is -1.62. The summed E-state index contributed by atoms with van der Waals surface area (Å²) in [5.74, 6) is 1.40. The first-order chi connectivity index (χ1) is 9.19. The Kier molecular flexibility index (Phi) is 4.74. The van der Waals surface area contributed by atoms with Gasteiger partial charge in [-0.3, -0.25) is 0 Å². The standard InChI is InChI=1S/C14H17BrN4/c1-3-8-16-14-17-9-12(15)13(19-14)18-11-6-4-10(2)5-7-11/h4-7,9H,3,8H2,1-2H3,(H2,16,17,18,19). The van der Waals surface area contributed by atoms with Gasteiger partial charge in [-0.25, -0.2) is 4.98 Å². The van der Waals surface area contributed by atoms with Gasteiger partial charge >= 0.3 is 0 Å². The lowest BCUT2D eigenvalue weighted by atomic mass is 10.2. The van der Waals surface area contributed by atoms with Crippen LogP contribution in [0.2, 0.25) is 0 Å². The molecule has 2 N–H and O–H groups in total. The lowest BCUT2D eigenvalue weighted by molar-refractivity contribution is 0.952. The molecule has 0 bridgehead atoms. The van der Waals surface area contributed by atoms with E-state index < -0.39 is 0 Å². The summed E-state index contributed by atoms with van der Waals surface area (Å²) < 4.78 is 0.843. The molecule has 2 aromatic rings. The summed E-state index contributed by atoms with van der Waals surface area (Å²) in [5.41, 5.74) is 2.24. The molecule has 19 heavy (non-hydrogen) atoms. The highest BCUT2D eigenvalue weighted by Crippen LogP contribution is 2.24. The smallest absolute Gasteiger partial charge is 0.224 e. The molecule has 100 valence electrons. The molecular formula is C14H17BrN4. The first kappa shape index (κ1) is 13.8. The maximum absolute atomic E-state index is 4.45. The van der Waals surface area contributed by atoms with Crippen LogP contribution in [0.4, 0.5) is 17.5 Å². The highest BCUT2D eigenvalue weighted by atomic mass is 79.9. The second-order valence-corrected chi connectivity index (χ2v) is 5.16. The minimum absolute atomic E-state index is 0.639. The topological polar surface area (TPSA) is 49.8 Å². The number of rotatable bonds is 5. The molecule has 4 nitrogen and oxygen atoms in total. The molecule has 0 atom stereocenters. The first-order valence-corrected chi connectivity index (χ1v) is 7.08. The van der Waals surface area contributed by atoms with Crippen LogP contribution < -0.4 is 10.6 Å². The predicted octanol–water partition coefficient (Wildman–Crippen LogP) is 4.11. The van der Waals surface area contributed by atoms with E-state index in [1.165, 1.54) is 5.56 Å². The number of nitrogens with zero attached hydrogens (tertiary/aromatic N) is 2. The second kappa shape index (κ2) is 6.52. The summed E-state index contributed by atoms with van der Waals surface area (Å²) in [4.78, 5) is 8.67. The lowest BCUT2D eigenvalue weighted by Crippen LogP contribution is -2.06. The fourth-order valence-corrected chi connectivity index (χ4v) is 1.84. The molecule has 0 aliphatic rings. The molecule has 0 fully saturated rings. The largest absolute Gasteiger partial charge is 0.354 e. The molecule has 0 unspecified atom stereocenters. The van der Waals surface area contributed by atoms with E-state index in [4.69, 9.17) is 0 Å². The molecule has 5 heteroatoms. The van der Waals surface area contributed by atoms with Crippen molar-refractivity contribution >= 4 is 33.4 Å². The monoisotopic (exact) mass is 320 g/mol. The molecule has 0 amide bonds. The van der Waals surface area contributed by atoms with Gasteiger partial charge in [-0.15, -0.1) is 0 Å². The highest BCUT2D eigenvalue weighted by molar-refractivity contribution is 9.10. The predicted molar refractivity (Wildman–Crippen MR) is 83.0 cm³/mol. The van der Waals surface area contributed by atoms with E-state index in [0.29, 0.717) is 5.95 Å². The van der Waals surface area contributed by atoms with Crippen molar-refractivity contribution in [1.29, 1.82) is 0 Å². The summed E-state index contributed by atoms with van der Waals surface area (Å²) in [6.07, 6.45) is 2.79. The Morgan fingerprint density at radius 3 is 2.63 bits per heavy atom. The molecule has 0 aliphatic carbocycles.